The smallest absolute Gasteiger partial charge is 0.138 e. The second-order valence-electron chi connectivity index (χ2n) is 5.61. The first-order valence-corrected chi connectivity index (χ1v) is 8.86. The monoisotopic (exact) mass is 351 g/mol. The number of nitrogens with zero attached hydrogens (tertiary/aromatic N) is 2. The molecule has 4 aromatic rings. The molecule has 1 aromatic carbocycles. The number of furan rings is 1. The maximum Gasteiger partial charge on any atom is 0.138 e. The number of ether oxygens (including phenoxy) is 1. The lowest BCUT2D eigenvalue weighted by Gasteiger charge is -2.08. The Hall–Kier alpha value is -2.70. The number of hydrogen-bond acceptors (Lipinski definition) is 6. The van der Waals surface area contributed by atoms with E-state index in [0.29, 0.717) is 19.8 Å². The molecule has 4 rings (SSSR count). The molecule has 3 aromatic heterocycles. The molecule has 126 valence electrons. The predicted octanol–water partition coefficient (Wildman–Crippen LogP) is 4.61. The highest BCUT2D eigenvalue weighted by Crippen LogP contribution is 2.24. The quantitative estimate of drug-likeness (QED) is 0.527. The summed E-state index contributed by atoms with van der Waals surface area (Å²) in [6, 6.07) is 14.2. The molecule has 0 saturated heterocycles. The van der Waals surface area contributed by atoms with E-state index in [4.69, 9.17) is 9.15 Å². The van der Waals surface area contributed by atoms with Crippen molar-refractivity contribution in [2.75, 3.05) is 5.32 Å². The molecule has 0 amide bonds. The number of fused-ring (bicyclic) bond motifs is 1. The molecule has 0 radical (unpaired) electrons. The van der Waals surface area contributed by atoms with Crippen molar-refractivity contribution in [2.45, 2.75) is 19.8 Å². The van der Waals surface area contributed by atoms with E-state index in [0.717, 1.165) is 27.4 Å². The minimum absolute atomic E-state index is 0.479. The Kier molecular flexibility index (Phi) is 4.72. The van der Waals surface area contributed by atoms with Crippen LogP contribution in [0.15, 0.2) is 64.9 Å². The van der Waals surface area contributed by atoms with Crippen LogP contribution in [-0.4, -0.2) is 9.97 Å². The second kappa shape index (κ2) is 7.46. The highest BCUT2D eigenvalue weighted by atomic mass is 32.1. The first-order chi connectivity index (χ1) is 12.4. The first kappa shape index (κ1) is 15.8. The minimum atomic E-state index is 0.479. The molecule has 0 bridgehead atoms. The lowest BCUT2D eigenvalue weighted by atomic mass is 10.1. The molecule has 0 saturated carbocycles. The third kappa shape index (κ3) is 3.87. The zero-order chi connectivity index (χ0) is 16.9. The molecule has 0 aliphatic carbocycles. The Morgan fingerprint density at radius 1 is 1.04 bits per heavy atom. The zero-order valence-electron chi connectivity index (χ0n) is 13.5. The summed E-state index contributed by atoms with van der Waals surface area (Å²) in [4.78, 5) is 9.61. The van der Waals surface area contributed by atoms with Crippen LogP contribution in [0.3, 0.4) is 0 Å². The molecular formula is C19H17N3O2S. The van der Waals surface area contributed by atoms with Gasteiger partial charge in [0.15, 0.2) is 0 Å². The molecule has 0 unspecified atom stereocenters. The van der Waals surface area contributed by atoms with E-state index in [1.165, 1.54) is 5.56 Å². The largest absolute Gasteiger partial charge is 0.467 e. The van der Waals surface area contributed by atoms with Crippen molar-refractivity contribution in [2.24, 2.45) is 0 Å². The molecule has 0 aliphatic heterocycles. The molecular weight excluding hydrogens is 334 g/mol. The van der Waals surface area contributed by atoms with Crippen LogP contribution in [0.4, 0.5) is 5.82 Å². The zero-order valence-corrected chi connectivity index (χ0v) is 14.3. The van der Waals surface area contributed by atoms with Crippen molar-refractivity contribution >= 4 is 27.4 Å². The fourth-order valence-electron chi connectivity index (χ4n) is 2.61. The number of benzene rings is 1. The highest BCUT2D eigenvalue weighted by Gasteiger charge is 2.05. The summed E-state index contributed by atoms with van der Waals surface area (Å²) in [7, 11) is 0. The van der Waals surface area contributed by atoms with E-state index in [1.54, 1.807) is 23.9 Å². The van der Waals surface area contributed by atoms with Gasteiger partial charge in [-0.1, -0.05) is 24.3 Å². The van der Waals surface area contributed by atoms with Crippen LogP contribution in [0, 0.1) is 0 Å². The van der Waals surface area contributed by atoms with E-state index in [1.807, 2.05) is 29.6 Å². The van der Waals surface area contributed by atoms with Crippen LogP contribution >= 0.6 is 11.3 Å². The van der Waals surface area contributed by atoms with E-state index < -0.39 is 0 Å². The van der Waals surface area contributed by atoms with Gasteiger partial charge in [0.2, 0.25) is 0 Å². The molecule has 0 aliphatic rings. The molecule has 3 heterocycles. The number of aromatic nitrogens is 2. The van der Waals surface area contributed by atoms with Gasteiger partial charge in [0.1, 0.15) is 29.3 Å². The summed E-state index contributed by atoms with van der Waals surface area (Å²) in [6.45, 7) is 1.73. The Balaban J connectivity index is 1.37. The average molecular weight is 351 g/mol. The number of thiophene rings is 1. The van der Waals surface area contributed by atoms with Crippen LogP contribution in [0.2, 0.25) is 0 Å². The third-order valence-electron chi connectivity index (χ3n) is 3.81. The number of nitrogens with one attached hydrogen (secondary N) is 1. The summed E-state index contributed by atoms with van der Waals surface area (Å²) < 4.78 is 11.0. The Morgan fingerprint density at radius 3 is 2.92 bits per heavy atom. The van der Waals surface area contributed by atoms with E-state index >= 15 is 0 Å². The summed E-state index contributed by atoms with van der Waals surface area (Å²) in [5.74, 6) is 1.70. The SMILES string of the molecule is c1cc(CNc2ncnc3sccc23)cc(COCc2ccco2)c1. The van der Waals surface area contributed by atoms with Crippen LogP contribution in [0.25, 0.3) is 10.2 Å². The van der Waals surface area contributed by atoms with Gasteiger partial charge in [-0.25, -0.2) is 9.97 Å². The molecule has 0 spiro atoms. The van der Waals surface area contributed by atoms with Crippen molar-refractivity contribution in [3.63, 3.8) is 0 Å². The molecule has 1 N–H and O–H groups in total. The van der Waals surface area contributed by atoms with Gasteiger partial charge in [-0.2, -0.15) is 0 Å². The van der Waals surface area contributed by atoms with Gasteiger partial charge in [0.05, 0.1) is 18.3 Å². The fraction of sp³-hybridized carbons (Fsp3) is 0.158. The molecule has 25 heavy (non-hydrogen) atoms. The van der Waals surface area contributed by atoms with Crippen LogP contribution < -0.4 is 5.32 Å². The molecule has 0 atom stereocenters. The number of rotatable bonds is 7. The van der Waals surface area contributed by atoms with Crippen molar-refractivity contribution in [3.05, 3.63) is 77.3 Å². The van der Waals surface area contributed by atoms with E-state index in [2.05, 4.69) is 33.5 Å². The van der Waals surface area contributed by atoms with Gasteiger partial charge < -0.3 is 14.5 Å². The lowest BCUT2D eigenvalue weighted by Crippen LogP contribution is -2.03. The van der Waals surface area contributed by atoms with Crippen LogP contribution in [-0.2, 0) is 24.5 Å². The van der Waals surface area contributed by atoms with Crippen molar-refractivity contribution in [1.82, 2.24) is 9.97 Å². The Labute approximate surface area is 149 Å². The lowest BCUT2D eigenvalue weighted by molar-refractivity contribution is 0.0929. The summed E-state index contributed by atoms with van der Waals surface area (Å²) in [6.07, 6.45) is 3.25. The number of hydrogen-bond donors (Lipinski definition) is 1. The van der Waals surface area contributed by atoms with Crippen LogP contribution in [0.5, 0.6) is 0 Å². The highest BCUT2D eigenvalue weighted by molar-refractivity contribution is 7.16. The van der Waals surface area contributed by atoms with Gasteiger partial charge >= 0.3 is 0 Å². The minimum Gasteiger partial charge on any atom is -0.467 e. The van der Waals surface area contributed by atoms with Crippen molar-refractivity contribution < 1.29 is 9.15 Å². The third-order valence-corrected chi connectivity index (χ3v) is 4.63. The van der Waals surface area contributed by atoms with Crippen molar-refractivity contribution in [1.29, 1.82) is 0 Å². The van der Waals surface area contributed by atoms with E-state index in [9.17, 15) is 0 Å². The van der Waals surface area contributed by atoms with Crippen LogP contribution in [0.1, 0.15) is 16.9 Å². The summed E-state index contributed by atoms with van der Waals surface area (Å²) in [5, 5.41) is 6.49. The molecule has 6 heteroatoms. The topological polar surface area (TPSA) is 60.2 Å². The van der Waals surface area contributed by atoms with Gasteiger partial charge in [-0.15, -0.1) is 11.3 Å². The van der Waals surface area contributed by atoms with Gasteiger partial charge in [0.25, 0.3) is 0 Å². The maximum atomic E-state index is 5.70. The van der Waals surface area contributed by atoms with E-state index in [-0.39, 0.29) is 0 Å². The Bertz CT molecular complexity index is 950. The summed E-state index contributed by atoms with van der Waals surface area (Å²) in [5.41, 5.74) is 2.32. The molecule has 5 nitrogen and oxygen atoms in total. The normalized spacial score (nSPS) is 11.0. The second-order valence-corrected chi connectivity index (χ2v) is 6.50. The van der Waals surface area contributed by atoms with Gasteiger partial charge in [-0.3, -0.25) is 0 Å². The Morgan fingerprint density at radius 2 is 2.00 bits per heavy atom. The number of anilines is 1. The fourth-order valence-corrected chi connectivity index (χ4v) is 3.34. The molecule has 0 fully saturated rings. The van der Waals surface area contributed by atoms with Gasteiger partial charge in [0, 0.05) is 6.54 Å². The van der Waals surface area contributed by atoms with Gasteiger partial charge in [-0.05, 0) is 34.7 Å². The standard InChI is InChI=1S/C19H17N3O2S/c1-3-14(9-15(4-1)11-23-12-16-5-2-7-24-16)10-20-18-17-6-8-25-19(17)22-13-21-18/h1-9,13H,10-12H2,(H,20,21,22). The maximum absolute atomic E-state index is 5.70. The first-order valence-electron chi connectivity index (χ1n) is 7.98. The predicted molar refractivity (Wildman–Crippen MR) is 98.4 cm³/mol. The van der Waals surface area contributed by atoms with Crippen molar-refractivity contribution in [3.8, 4) is 0 Å². The average Bonchev–Trinajstić information content (AvgIpc) is 3.32. The summed E-state index contributed by atoms with van der Waals surface area (Å²) >= 11 is 1.62.